The average molecular weight is 244 g/mol. The Kier molecular flexibility index (Phi) is 3.70. The lowest BCUT2D eigenvalue weighted by Crippen LogP contribution is -1.95. The summed E-state index contributed by atoms with van der Waals surface area (Å²) in [5.41, 5.74) is 9.21. The zero-order valence-electron chi connectivity index (χ0n) is 11.2. The van der Waals surface area contributed by atoms with Crippen molar-refractivity contribution in [3.05, 3.63) is 35.6 Å². The molecule has 1 aromatic heterocycles. The van der Waals surface area contributed by atoms with Gasteiger partial charge in [0.15, 0.2) is 5.82 Å². The average Bonchev–Trinajstić information content (AvgIpc) is 2.71. The Bertz CT molecular complexity index is 531. The Morgan fingerprint density at radius 2 is 2.17 bits per heavy atom. The second-order valence-corrected chi connectivity index (χ2v) is 4.87. The first-order chi connectivity index (χ1) is 8.63. The molecule has 1 atom stereocenters. The minimum absolute atomic E-state index is 0.343. The number of nitrogens with zero attached hydrogens (tertiary/aromatic N) is 1. The molecule has 0 fully saturated rings. The molecule has 2 N–H and O–H groups in total. The standard InChI is InChI=1S/C15H20N2O/c1-4-6-11(3)14-13(15(16)17-18-14)12-8-5-7-10(2)9-12/h5,7-9,11H,4,6H2,1-3H3,(H2,16,17). The van der Waals surface area contributed by atoms with E-state index in [1.54, 1.807) is 0 Å². The van der Waals surface area contributed by atoms with Crippen molar-refractivity contribution in [1.82, 2.24) is 5.16 Å². The van der Waals surface area contributed by atoms with Gasteiger partial charge in [0.1, 0.15) is 5.76 Å². The lowest BCUT2D eigenvalue weighted by molar-refractivity contribution is 0.362. The van der Waals surface area contributed by atoms with Crippen LogP contribution in [-0.2, 0) is 0 Å². The topological polar surface area (TPSA) is 52.0 Å². The van der Waals surface area contributed by atoms with Crippen molar-refractivity contribution in [3.63, 3.8) is 0 Å². The third-order valence-electron chi connectivity index (χ3n) is 3.22. The van der Waals surface area contributed by atoms with Gasteiger partial charge in [-0.3, -0.25) is 0 Å². The molecule has 1 heterocycles. The van der Waals surface area contributed by atoms with Crippen molar-refractivity contribution in [2.75, 3.05) is 5.73 Å². The molecule has 3 heteroatoms. The molecule has 0 spiro atoms. The van der Waals surface area contributed by atoms with Gasteiger partial charge in [0.05, 0.1) is 5.56 Å². The van der Waals surface area contributed by atoms with E-state index < -0.39 is 0 Å². The van der Waals surface area contributed by atoms with Crippen LogP contribution in [-0.4, -0.2) is 5.16 Å². The van der Waals surface area contributed by atoms with E-state index in [2.05, 4.69) is 44.1 Å². The fourth-order valence-electron chi connectivity index (χ4n) is 2.31. The Morgan fingerprint density at radius 3 is 2.83 bits per heavy atom. The number of nitrogen functional groups attached to an aromatic ring is 1. The van der Waals surface area contributed by atoms with Gasteiger partial charge in [-0.15, -0.1) is 0 Å². The molecule has 2 aromatic rings. The molecule has 0 radical (unpaired) electrons. The Balaban J connectivity index is 2.47. The Morgan fingerprint density at radius 1 is 1.39 bits per heavy atom. The largest absolute Gasteiger partial charge is 0.380 e. The predicted octanol–water partition coefficient (Wildman–Crippen LogP) is 4.14. The number of anilines is 1. The van der Waals surface area contributed by atoms with Gasteiger partial charge in [0, 0.05) is 5.92 Å². The van der Waals surface area contributed by atoms with Crippen molar-refractivity contribution in [2.45, 2.75) is 39.5 Å². The number of benzene rings is 1. The molecule has 0 saturated heterocycles. The molecule has 1 unspecified atom stereocenters. The van der Waals surface area contributed by atoms with Gasteiger partial charge >= 0.3 is 0 Å². The van der Waals surface area contributed by atoms with E-state index in [1.165, 1.54) is 5.56 Å². The maximum atomic E-state index is 5.95. The molecule has 1 aromatic carbocycles. The molecule has 2 rings (SSSR count). The number of aromatic nitrogens is 1. The summed E-state index contributed by atoms with van der Waals surface area (Å²) in [4.78, 5) is 0. The quantitative estimate of drug-likeness (QED) is 0.879. The normalized spacial score (nSPS) is 12.6. The smallest absolute Gasteiger partial charge is 0.175 e. The molecule has 0 aliphatic heterocycles. The van der Waals surface area contributed by atoms with E-state index in [0.29, 0.717) is 11.7 Å². The number of nitrogens with two attached hydrogens (primary N) is 1. The molecule has 0 aliphatic rings. The Labute approximate surface area is 108 Å². The van der Waals surface area contributed by atoms with Crippen LogP contribution in [0.2, 0.25) is 0 Å². The van der Waals surface area contributed by atoms with E-state index in [4.69, 9.17) is 10.3 Å². The second-order valence-electron chi connectivity index (χ2n) is 4.87. The van der Waals surface area contributed by atoms with Crippen molar-refractivity contribution < 1.29 is 4.52 Å². The first-order valence-electron chi connectivity index (χ1n) is 6.45. The fourth-order valence-corrected chi connectivity index (χ4v) is 2.31. The zero-order chi connectivity index (χ0) is 13.1. The number of hydrogen-bond acceptors (Lipinski definition) is 3. The highest BCUT2D eigenvalue weighted by Gasteiger charge is 2.20. The summed E-state index contributed by atoms with van der Waals surface area (Å²) in [5, 5.41) is 3.93. The minimum Gasteiger partial charge on any atom is -0.380 e. The van der Waals surface area contributed by atoms with E-state index in [1.807, 2.05) is 6.07 Å². The summed E-state index contributed by atoms with van der Waals surface area (Å²) in [7, 11) is 0. The molecule has 3 nitrogen and oxygen atoms in total. The van der Waals surface area contributed by atoms with Gasteiger partial charge in [0.25, 0.3) is 0 Å². The number of aryl methyl sites for hydroxylation is 1. The molecule has 0 bridgehead atoms. The monoisotopic (exact) mass is 244 g/mol. The van der Waals surface area contributed by atoms with E-state index in [-0.39, 0.29) is 0 Å². The third-order valence-corrected chi connectivity index (χ3v) is 3.22. The first kappa shape index (κ1) is 12.7. The molecular weight excluding hydrogens is 224 g/mol. The van der Waals surface area contributed by atoms with Gasteiger partial charge in [-0.05, 0) is 18.9 Å². The molecular formula is C15H20N2O. The molecule has 96 valence electrons. The lowest BCUT2D eigenvalue weighted by Gasteiger charge is -2.09. The predicted molar refractivity (Wildman–Crippen MR) is 74.4 cm³/mol. The van der Waals surface area contributed by atoms with Crippen LogP contribution in [0.15, 0.2) is 28.8 Å². The van der Waals surface area contributed by atoms with Crippen LogP contribution in [0.5, 0.6) is 0 Å². The van der Waals surface area contributed by atoms with Crippen LogP contribution < -0.4 is 5.73 Å². The highest BCUT2D eigenvalue weighted by atomic mass is 16.5. The summed E-state index contributed by atoms with van der Waals surface area (Å²) in [5.74, 6) is 1.73. The zero-order valence-corrected chi connectivity index (χ0v) is 11.2. The van der Waals surface area contributed by atoms with Crippen molar-refractivity contribution in [3.8, 4) is 11.1 Å². The fraction of sp³-hybridized carbons (Fsp3) is 0.400. The lowest BCUT2D eigenvalue weighted by atomic mass is 9.95. The van der Waals surface area contributed by atoms with Crippen LogP contribution in [0.4, 0.5) is 5.82 Å². The van der Waals surface area contributed by atoms with Gasteiger partial charge in [-0.2, -0.15) is 0 Å². The van der Waals surface area contributed by atoms with E-state index >= 15 is 0 Å². The molecule has 0 amide bonds. The van der Waals surface area contributed by atoms with Crippen molar-refractivity contribution in [2.24, 2.45) is 0 Å². The van der Waals surface area contributed by atoms with Crippen LogP contribution in [0.3, 0.4) is 0 Å². The van der Waals surface area contributed by atoms with Crippen LogP contribution in [0.1, 0.15) is 43.9 Å². The first-order valence-corrected chi connectivity index (χ1v) is 6.45. The highest BCUT2D eigenvalue weighted by Crippen LogP contribution is 2.35. The maximum absolute atomic E-state index is 5.95. The van der Waals surface area contributed by atoms with Gasteiger partial charge in [-0.1, -0.05) is 55.3 Å². The SMILES string of the molecule is CCCC(C)c1onc(N)c1-c1cccc(C)c1. The van der Waals surface area contributed by atoms with Crippen molar-refractivity contribution in [1.29, 1.82) is 0 Å². The maximum Gasteiger partial charge on any atom is 0.175 e. The van der Waals surface area contributed by atoms with Gasteiger partial charge < -0.3 is 10.3 Å². The van der Waals surface area contributed by atoms with Crippen LogP contribution >= 0.6 is 0 Å². The van der Waals surface area contributed by atoms with E-state index in [9.17, 15) is 0 Å². The van der Waals surface area contributed by atoms with E-state index in [0.717, 1.165) is 29.7 Å². The molecule has 18 heavy (non-hydrogen) atoms. The summed E-state index contributed by atoms with van der Waals surface area (Å²) >= 11 is 0. The number of rotatable bonds is 4. The van der Waals surface area contributed by atoms with Gasteiger partial charge in [0.2, 0.25) is 0 Å². The summed E-state index contributed by atoms with van der Waals surface area (Å²) in [6.07, 6.45) is 2.20. The minimum atomic E-state index is 0.343. The third kappa shape index (κ3) is 2.40. The Hall–Kier alpha value is -1.77. The molecule has 0 saturated carbocycles. The number of hydrogen-bond donors (Lipinski definition) is 1. The van der Waals surface area contributed by atoms with Crippen molar-refractivity contribution >= 4 is 5.82 Å². The summed E-state index contributed by atoms with van der Waals surface area (Å²) < 4.78 is 5.43. The van der Waals surface area contributed by atoms with Crippen LogP contribution in [0.25, 0.3) is 11.1 Å². The summed E-state index contributed by atoms with van der Waals surface area (Å²) in [6.45, 7) is 6.40. The summed E-state index contributed by atoms with van der Waals surface area (Å²) in [6, 6.07) is 8.27. The molecule has 0 aliphatic carbocycles. The highest BCUT2D eigenvalue weighted by molar-refractivity contribution is 5.76. The van der Waals surface area contributed by atoms with Crippen LogP contribution in [0, 0.1) is 6.92 Å². The van der Waals surface area contributed by atoms with Gasteiger partial charge in [-0.25, -0.2) is 0 Å². The second kappa shape index (κ2) is 5.25.